The summed E-state index contributed by atoms with van der Waals surface area (Å²) in [6, 6.07) is 1.66. The van der Waals surface area contributed by atoms with Crippen LogP contribution in [-0.2, 0) is 23.8 Å². The highest BCUT2D eigenvalue weighted by molar-refractivity contribution is 6.03. The number of hydrogen-bond acceptors (Lipinski definition) is 7. The van der Waals surface area contributed by atoms with E-state index in [1.54, 1.807) is 0 Å². The third kappa shape index (κ3) is 3.16. The van der Waals surface area contributed by atoms with E-state index in [-0.39, 0.29) is 36.0 Å². The summed E-state index contributed by atoms with van der Waals surface area (Å²) in [4.78, 5) is 25.0. The number of ether oxygens (including phenoxy) is 4. The number of methoxy groups -OCH3 is 3. The SMILES string of the molecule is COC(=O)C1=C(C(=O)OC)N(c2cc(OC)c(F)cc2F)COC1. The molecule has 1 aromatic carbocycles. The number of halogens is 2. The second-order valence-corrected chi connectivity index (χ2v) is 4.65. The fraction of sp³-hybridized carbons (Fsp3) is 0.333. The number of benzene rings is 1. The molecule has 0 unspecified atom stereocenters. The zero-order valence-corrected chi connectivity index (χ0v) is 13.2. The number of esters is 2. The molecular weight excluding hydrogens is 328 g/mol. The van der Waals surface area contributed by atoms with Gasteiger partial charge in [0.15, 0.2) is 11.6 Å². The molecule has 0 atom stereocenters. The Kier molecular flexibility index (Phi) is 5.35. The van der Waals surface area contributed by atoms with Crippen molar-refractivity contribution in [1.82, 2.24) is 0 Å². The van der Waals surface area contributed by atoms with E-state index >= 15 is 0 Å². The van der Waals surface area contributed by atoms with Gasteiger partial charge in [0.25, 0.3) is 0 Å². The first-order valence-electron chi connectivity index (χ1n) is 6.72. The van der Waals surface area contributed by atoms with Crippen molar-refractivity contribution in [2.45, 2.75) is 0 Å². The van der Waals surface area contributed by atoms with Crippen LogP contribution in [0.4, 0.5) is 14.5 Å². The van der Waals surface area contributed by atoms with Gasteiger partial charge in [-0.3, -0.25) is 0 Å². The second kappa shape index (κ2) is 7.26. The summed E-state index contributed by atoms with van der Waals surface area (Å²) in [5.41, 5.74) is -0.601. The normalized spacial score (nSPS) is 14.5. The van der Waals surface area contributed by atoms with Gasteiger partial charge in [-0.25, -0.2) is 18.4 Å². The minimum Gasteiger partial charge on any atom is -0.494 e. The predicted octanol–water partition coefficient (Wildman–Crippen LogP) is 1.37. The minimum atomic E-state index is -0.968. The Morgan fingerprint density at radius 1 is 1.08 bits per heavy atom. The van der Waals surface area contributed by atoms with Crippen molar-refractivity contribution >= 4 is 17.6 Å². The van der Waals surface area contributed by atoms with Gasteiger partial charge in [0.05, 0.1) is 39.2 Å². The van der Waals surface area contributed by atoms with Gasteiger partial charge in [-0.1, -0.05) is 0 Å². The standard InChI is InChI=1S/C15H15F2NO6/c1-21-12-5-11(9(16)4-10(12)17)18-7-24-6-8(14(19)22-2)13(18)15(20)23-3/h4-5H,6-7H2,1-3H3. The highest BCUT2D eigenvalue weighted by Crippen LogP contribution is 2.33. The number of nitrogens with zero attached hydrogens (tertiary/aromatic N) is 1. The zero-order chi connectivity index (χ0) is 17.9. The summed E-state index contributed by atoms with van der Waals surface area (Å²) < 4.78 is 47.1. The van der Waals surface area contributed by atoms with Gasteiger partial charge in [0.2, 0.25) is 0 Å². The van der Waals surface area contributed by atoms with E-state index in [9.17, 15) is 18.4 Å². The van der Waals surface area contributed by atoms with Crippen molar-refractivity contribution in [3.8, 4) is 5.75 Å². The largest absolute Gasteiger partial charge is 0.494 e. The second-order valence-electron chi connectivity index (χ2n) is 4.65. The summed E-state index contributed by atoms with van der Waals surface area (Å²) in [5.74, 6) is -3.82. The van der Waals surface area contributed by atoms with Gasteiger partial charge < -0.3 is 23.8 Å². The molecule has 0 aromatic heterocycles. The molecule has 0 N–H and O–H groups in total. The molecule has 7 nitrogen and oxygen atoms in total. The number of carbonyl (C=O) groups is 2. The van der Waals surface area contributed by atoms with Gasteiger partial charge in [0, 0.05) is 12.1 Å². The minimum absolute atomic E-state index is 0.140. The molecular formula is C15H15F2NO6. The van der Waals surface area contributed by atoms with E-state index in [1.165, 1.54) is 7.11 Å². The van der Waals surface area contributed by atoms with Crippen molar-refractivity contribution in [2.24, 2.45) is 0 Å². The van der Waals surface area contributed by atoms with Crippen molar-refractivity contribution in [3.05, 3.63) is 35.0 Å². The smallest absolute Gasteiger partial charge is 0.355 e. The predicted molar refractivity (Wildman–Crippen MR) is 77.3 cm³/mol. The molecule has 24 heavy (non-hydrogen) atoms. The lowest BCUT2D eigenvalue weighted by molar-refractivity contribution is -0.140. The van der Waals surface area contributed by atoms with Gasteiger partial charge >= 0.3 is 11.9 Å². The first kappa shape index (κ1) is 17.7. The van der Waals surface area contributed by atoms with Crippen LogP contribution in [0, 0.1) is 11.6 Å². The maximum Gasteiger partial charge on any atom is 0.355 e. The maximum atomic E-state index is 14.2. The number of carbonyl (C=O) groups excluding carboxylic acids is 2. The van der Waals surface area contributed by atoms with Gasteiger partial charge in [-0.15, -0.1) is 0 Å². The summed E-state index contributed by atoms with van der Waals surface area (Å²) in [7, 11) is 3.45. The lowest BCUT2D eigenvalue weighted by Crippen LogP contribution is -2.39. The molecule has 1 aliphatic rings. The monoisotopic (exact) mass is 343 g/mol. The Bertz CT molecular complexity index is 703. The summed E-state index contributed by atoms with van der Waals surface area (Å²) in [6.45, 7) is -0.468. The molecule has 0 radical (unpaired) electrons. The molecule has 2 rings (SSSR count). The first-order valence-corrected chi connectivity index (χ1v) is 6.72. The van der Waals surface area contributed by atoms with Crippen LogP contribution in [0.25, 0.3) is 0 Å². The summed E-state index contributed by atoms with van der Waals surface area (Å²) in [5, 5.41) is 0. The van der Waals surface area contributed by atoms with Crippen molar-refractivity contribution < 1.29 is 37.3 Å². The van der Waals surface area contributed by atoms with E-state index in [0.717, 1.165) is 25.2 Å². The van der Waals surface area contributed by atoms with Gasteiger partial charge in [-0.05, 0) is 0 Å². The van der Waals surface area contributed by atoms with E-state index < -0.39 is 23.6 Å². The number of hydrogen-bond donors (Lipinski definition) is 0. The Balaban J connectivity index is 2.63. The number of anilines is 1. The van der Waals surface area contributed by atoms with Crippen LogP contribution < -0.4 is 9.64 Å². The van der Waals surface area contributed by atoms with Crippen LogP contribution in [0.3, 0.4) is 0 Å². The van der Waals surface area contributed by atoms with Crippen LogP contribution in [0.1, 0.15) is 0 Å². The lowest BCUT2D eigenvalue weighted by atomic mass is 10.1. The van der Waals surface area contributed by atoms with Gasteiger partial charge in [-0.2, -0.15) is 0 Å². The number of rotatable bonds is 4. The topological polar surface area (TPSA) is 74.3 Å². The van der Waals surface area contributed by atoms with Crippen molar-refractivity contribution in [1.29, 1.82) is 0 Å². The van der Waals surface area contributed by atoms with Crippen molar-refractivity contribution in [3.63, 3.8) is 0 Å². The Labute approximate surface area is 136 Å². The van der Waals surface area contributed by atoms with Crippen LogP contribution in [-0.4, -0.2) is 46.6 Å². The van der Waals surface area contributed by atoms with Gasteiger partial charge in [0.1, 0.15) is 18.2 Å². The Hall–Kier alpha value is -2.68. The Morgan fingerprint density at radius 3 is 2.33 bits per heavy atom. The van der Waals surface area contributed by atoms with E-state index in [4.69, 9.17) is 9.47 Å². The molecule has 1 heterocycles. The van der Waals surface area contributed by atoms with Crippen LogP contribution in [0.5, 0.6) is 5.75 Å². The fourth-order valence-corrected chi connectivity index (χ4v) is 2.22. The molecule has 130 valence electrons. The quantitative estimate of drug-likeness (QED) is 0.764. The molecule has 0 saturated carbocycles. The molecule has 0 bridgehead atoms. The molecule has 1 aliphatic heterocycles. The third-order valence-electron chi connectivity index (χ3n) is 3.35. The zero-order valence-electron chi connectivity index (χ0n) is 13.2. The molecule has 0 spiro atoms. The summed E-state index contributed by atoms with van der Waals surface area (Å²) >= 11 is 0. The lowest BCUT2D eigenvalue weighted by Gasteiger charge is -2.31. The van der Waals surface area contributed by atoms with E-state index in [0.29, 0.717) is 6.07 Å². The molecule has 0 saturated heterocycles. The average Bonchev–Trinajstić information content (AvgIpc) is 2.60. The Morgan fingerprint density at radius 2 is 1.75 bits per heavy atom. The average molecular weight is 343 g/mol. The first-order chi connectivity index (χ1) is 11.4. The molecule has 0 fully saturated rings. The van der Waals surface area contributed by atoms with Crippen LogP contribution in [0.2, 0.25) is 0 Å². The van der Waals surface area contributed by atoms with Crippen LogP contribution >= 0.6 is 0 Å². The third-order valence-corrected chi connectivity index (χ3v) is 3.35. The highest BCUT2D eigenvalue weighted by Gasteiger charge is 2.34. The molecule has 1 aromatic rings. The van der Waals surface area contributed by atoms with Crippen molar-refractivity contribution in [2.75, 3.05) is 39.6 Å². The summed E-state index contributed by atoms with van der Waals surface area (Å²) in [6.07, 6.45) is 0. The molecule has 0 aliphatic carbocycles. The van der Waals surface area contributed by atoms with E-state index in [1.807, 2.05) is 0 Å². The molecule has 0 amide bonds. The fourth-order valence-electron chi connectivity index (χ4n) is 2.22. The van der Waals surface area contributed by atoms with E-state index in [2.05, 4.69) is 9.47 Å². The molecule has 9 heteroatoms. The highest BCUT2D eigenvalue weighted by atomic mass is 19.1. The van der Waals surface area contributed by atoms with Crippen LogP contribution in [0.15, 0.2) is 23.4 Å². The maximum absolute atomic E-state index is 14.2.